The largest absolute Gasteiger partial charge is 0.462 e. The van der Waals surface area contributed by atoms with E-state index in [1.165, 1.54) is 29.2 Å². The van der Waals surface area contributed by atoms with Gasteiger partial charge in [-0.25, -0.2) is 4.79 Å². The zero-order valence-corrected chi connectivity index (χ0v) is 24.2. The summed E-state index contributed by atoms with van der Waals surface area (Å²) in [6.45, 7) is 3.82. The number of anilines is 1. The number of aromatic nitrogens is 3. The van der Waals surface area contributed by atoms with Gasteiger partial charge in [-0.3, -0.25) is 9.59 Å². The maximum absolute atomic E-state index is 12.8. The Kier molecular flexibility index (Phi) is 9.35. The van der Waals surface area contributed by atoms with Crippen LogP contribution in [0.3, 0.4) is 0 Å². The topological polar surface area (TPSA) is 115 Å². The van der Waals surface area contributed by atoms with Crippen molar-refractivity contribution in [3.8, 4) is 0 Å². The zero-order chi connectivity index (χ0) is 27.4. The molecule has 0 saturated carbocycles. The lowest BCUT2D eigenvalue weighted by Crippen LogP contribution is -2.28. The van der Waals surface area contributed by atoms with Gasteiger partial charge >= 0.3 is 5.97 Å². The first-order chi connectivity index (χ1) is 18.2. The molecule has 1 aliphatic carbocycles. The molecule has 1 atom stereocenters. The lowest BCUT2D eigenvalue weighted by Gasteiger charge is -2.14. The molecular formula is C25H27Cl2N5O4S2. The number of nitrogens with one attached hydrogen (secondary N) is 2. The van der Waals surface area contributed by atoms with E-state index in [4.69, 9.17) is 27.9 Å². The Labute approximate surface area is 238 Å². The third-order valence-corrected chi connectivity index (χ3v) is 8.99. The van der Waals surface area contributed by atoms with Crippen molar-refractivity contribution in [1.82, 2.24) is 20.1 Å². The summed E-state index contributed by atoms with van der Waals surface area (Å²) in [5, 5.41) is 15.9. The van der Waals surface area contributed by atoms with Gasteiger partial charge in [0.25, 0.3) is 5.91 Å². The number of halogens is 2. The molecule has 38 heavy (non-hydrogen) atoms. The monoisotopic (exact) mass is 595 g/mol. The number of amides is 2. The number of fused-ring (bicyclic) bond motifs is 1. The summed E-state index contributed by atoms with van der Waals surface area (Å²) in [5.74, 6) is -0.393. The summed E-state index contributed by atoms with van der Waals surface area (Å²) in [4.78, 5) is 39.2. The minimum atomic E-state index is -0.456. The van der Waals surface area contributed by atoms with Gasteiger partial charge in [-0.15, -0.1) is 21.5 Å². The molecule has 1 aromatic carbocycles. The Bertz CT molecular complexity index is 1370. The number of rotatable bonds is 9. The maximum Gasteiger partial charge on any atom is 0.341 e. The normalized spacial score (nSPS) is 13.5. The quantitative estimate of drug-likeness (QED) is 0.249. The van der Waals surface area contributed by atoms with Crippen LogP contribution in [0.1, 0.15) is 69.7 Å². The molecule has 9 nitrogen and oxygen atoms in total. The Morgan fingerprint density at radius 2 is 1.95 bits per heavy atom. The molecule has 3 aromatic rings. The van der Waals surface area contributed by atoms with Gasteiger partial charge in [0.2, 0.25) is 5.91 Å². The fraction of sp³-hybridized carbons (Fsp3) is 0.400. The van der Waals surface area contributed by atoms with Gasteiger partial charge in [0, 0.05) is 17.5 Å². The van der Waals surface area contributed by atoms with Crippen molar-refractivity contribution in [2.75, 3.05) is 17.7 Å². The summed E-state index contributed by atoms with van der Waals surface area (Å²) in [6, 6.07) is 4.19. The third kappa shape index (κ3) is 6.33. The van der Waals surface area contributed by atoms with Gasteiger partial charge in [-0.1, -0.05) is 35.0 Å². The molecule has 0 radical (unpaired) electrons. The van der Waals surface area contributed by atoms with E-state index >= 15 is 0 Å². The Morgan fingerprint density at radius 1 is 1.18 bits per heavy atom. The predicted octanol–water partition coefficient (Wildman–Crippen LogP) is 5.46. The van der Waals surface area contributed by atoms with Crippen LogP contribution in [0.2, 0.25) is 10.0 Å². The van der Waals surface area contributed by atoms with Crippen molar-refractivity contribution >= 4 is 69.1 Å². The number of thioether (sulfide) groups is 1. The molecule has 0 spiro atoms. The van der Waals surface area contributed by atoms with E-state index < -0.39 is 12.0 Å². The van der Waals surface area contributed by atoms with E-state index in [0.29, 0.717) is 37.2 Å². The Hall–Kier alpha value is -2.60. The van der Waals surface area contributed by atoms with Crippen LogP contribution in [0.4, 0.5) is 5.00 Å². The Balaban J connectivity index is 1.39. The standard InChI is InChI=1S/C25H27Cl2N5O4S2/c1-4-36-24(35)20-15-7-5-6-8-18(15)38-23(20)29-19(33)12-37-25-31-30-21(32(25)3)13(2)28-22(34)14-9-10-16(26)17(27)11-14/h9-11,13H,4-8,12H2,1-3H3,(H,28,34)(H,29,33)/t13-/m1/s1. The average molecular weight is 597 g/mol. The number of esters is 1. The number of benzene rings is 1. The number of thiophene rings is 1. The zero-order valence-electron chi connectivity index (χ0n) is 21.1. The van der Waals surface area contributed by atoms with E-state index in [1.54, 1.807) is 37.6 Å². The number of carbonyl (C=O) groups excluding carboxylic acids is 3. The number of ether oxygens (including phenoxy) is 1. The van der Waals surface area contributed by atoms with E-state index in [2.05, 4.69) is 20.8 Å². The van der Waals surface area contributed by atoms with E-state index in [0.717, 1.165) is 36.1 Å². The van der Waals surface area contributed by atoms with Crippen LogP contribution in [0.15, 0.2) is 23.4 Å². The van der Waals surface area contributed by atoms with Crippen LogP contribution in [-0.4, -0.2) is 44.9 Å². The first-order valence-electron chi connectivity index (χ1n) is 12.1. The molecule has 202 valence electrons. The minimum absolute atomic E-state index is 0.0703. The lowest BCUT2D eigenvalue weighted by molar-refractivity contribution is -0.113. The lowest BCUT2D eigenvalue weighted by atomic mass is 9.95. The highest BCUT2D eigenvalue weighted by atomic mass is 35.5. The molecule has 2 N–H and O–H groups in total. The van der Waals surface area contributed by atoms with Gasteiger partial charge in [0.1, 0.15) is 5.00 Å². The highest BCUT2D eigenvalue weighted by Gasteiger charge is 2.27. The van der Waals surface area contributed by atoms with Gasteiger partial charge in [-0.05, 0) is 63.3 Å². The van der Waals surface area contributed by atoms with Gasteiger partial charge in [-0.2, -0.15) is 0 Å². The fourth-order valence-corrected chi connectivity index (χ4v) is 6.49. The van der Waals surface area contributed by atoms with Gasteiger partial charge < -0.3 is 19.9 Å². The van der Waals surface area contributed by atoms with Crippen LogP contribution >= 0.6 is 46.3 Å². The van der Waals surface area contributed by atoms with Crippen LogP contribution in [0.25, 0.3) is 0 Å². The molecule has 4 rings (SSSR count). The van der Waals surface area contributed by atoms with E-state index in [9.17, 15) is 14.4 Å². The first-order valence-corrected chi connectivity index (χ1v) is 14.6. The Morgan fingerprint density at radius 3 is 2.68 bits per heavy atom. The molecule has 0 unspecified atom stereocenters. The molecule has 0 aliphatic heterocycles. The maximum atomic E-state index is 12.8. The number of aryl methyl sites for hydroxylation is 1. The van der Waals surface area contributed by atoms with Crippen LogP contribution < -0.4 is 10.6 Å². The van der Waals surface area contributed by atoms with Crippen molar-refractivity contribution in [2.24, 2.45) is 7.05 Å². The molecule has 2 amide bonds. The van der Waals surface area contributed by atoms with Crippen molar-refractivity contribution in [3.05, 3.63) is 55.6 Å². The molecule has 1 aliphatic rings. The molecule has 0 fully saturated rings. The number of carbonyl (C=O) groups is 3. The number of hydrogen-bond acceptors (Lipinski definition) is 8. The molecule has 2 heterocycles. The fourth-order valence-electron chi connectivity index (χ4n) is 4.18. The summed E-state index contributed by atoms with van der Waals surface area (Å²) >= 11 is 14.6. The first kappa shape index (κ1) is 28.4. The second-order valence-corrected chi connectivity index (χ2v) is 11.6. The summed E-state index contributed by atoms with van der Waals surface area (Å²) in [6.07, 6.45) is 3.80. The van der Waals surface area contributed by atoms with Crippen LogP contribution in [-0.2, 0) is 29.4 Å². The third-order valence-electron chi connectivity index (χ3n) is 6.02. The average Bonchev–Trinajstić information content (AvgIpc) is 3.44. The van der Waals surface area contributed by atoms with Crippen LogP contribution in [0, 0.1) is 0 Å². The van der Waals surface area contributed by atoms with Crippen molar-refractivity contribution in [2.45, 2.75) is 50.7 Å². The molecule has 0 saturated heterocycles. The molecule has 0 bridgehead atoms. The second-order valence-electron chi connectivity index (χ2n) is 8.70. The summed E-state index contributed by atoms with van der Waals surface area (Å²) in [7, 11) is 1.77. The van der Waals surface area contributed by atoms with Crippen molar-refractivity contribution < 1.29 is 19.1 Å². The molecular weight excluding hydrogens is 569 g/mol. The predicted molar refractivity (Wildman–Crippen MR) is 150 cm³/mol. The van der Waals surface area contributed by atoms with E-state index in [-0.39, 0.29) is 24.2 Å². The van der Waals surface area contributed by atoms with E-state index in [1.807, 2.05) is 0 Å². The smallest absolute Gasteiger partial charge is 0.341 e. The highest BCUT2D eigenvalue weighted by Crippen LogP contribution is 2.38. The molecule has 13 heteroatoms. The molecule has 2 aromatic heterocycles. The van der Waals surface area contributed by atoms with Gasteiger partial charge in [0.15, 0.2) is 11.0 Å². The van der Waals surface area contributed by atoms with Crippen molar-refractivity contribution in [3.63, 3.8) is 0 Å². The van der Waals surface area contributed by atoms with Crippen LogP contribution in [0.5, 0.6) is 0 Å². The SMILES string of the molecule is CCOC(=O)c1c(NC(=O)CSc2nnc([C@@H](C)NC(=O)c3ccc(Cl)c(Cl)c3)n2C)sc2c1CCCC2. The number of nitrogens with zero attached hydrogens (tertiary/aromatic N) is 3. The summed E-state index contributed by atoms with van der Waals surface area (Å²) in [5.41, 5.74) is 1.85. The van der Waals surface area contributed by atoms with Crippen molar-refractivity contribution in [1.29, 1.82) is 0 Å². The minimum Gasteiger partial charge on any atom is -0.462 e. The highest BCUT2D eigenvalue weighted by molar-refractivity contribution is 7.99. The van der Waals surface area contributed by atoms with Gasteiger partial charge in [0.05, 0.1) is 34.0 Å². The second kappa shape index (κ2) is 12.5. The number of hydrogen-bond donors (Lipinski definition) is 2. The summed E-state index contributed by atoms with van der Waals surface area (Å²) < 4.78 is 6.99.